The van der Waals surface area contributed by atoms with Crippen molar-refractivity contribution in [2.24, 2.45) is 5.92 Å². The first kappa shape index (κ1) is 12.2. The van der Waals surface area contributed by atoms with Crippen molar-refractivity contribution in [3.63, 3.8) is 0 Å². The van der Waals surface area contributed by atoms with E-state index in [0.717, 1.165) is 13.0 Å². The molecule has 0 spiro atoms. The summed E-state index contributed by atoms with van der Waals surface area (Å²) in [5.41, 5.74) is -1.02. The zero-order valence-electron chi connectivity index (χ0n) is 9.86. The zero-order chi connectivity index (χ0) is 12.5. The molecule has 0 aromatic heterocycles. The minimum Gasteiger partial charge on any atom is -0.480 e. The summed E-state index contributed by atoms with van der Waals surface area (Å²) in [7, 11) is 0. The highest BCUT2D eigenvalue weighted by molar-refractivity contribution is 5.88. The maximum Gasteiger partial charge on any atom is 0.329 e. The van der Waals surface area contributed by atoms with Crippen LogP contribution >= 0.6 is 0 Å². The van der Waals surface area contributed by atoms with Crippen LogP contribution in [0.5, 0.6) is 0 Å². The third kappa shape index (κ3) is 2.69. The van der Waals surface area contributed by atoms with Crippen LogP contribution in [0.15, 0.2) is 0 Å². The summed E-state index contributed by atoms with van der Waals surface area (Å²) in [4.78, 5) is 22.5. The molecule has 1 saturated carbocycles. The largest absolute Gasteiger partial charge is 0.480 e. The van der Waals surface area contributed by atoms with Crippen molar-refractivity contribution in [3.8, 4) is 0 Å². The summed E-state index contributed by atoms with van der Waals surface area (Å²) in [5.74, 6) is -0.634. The Kier molecular flexibility index (Phi) is 3.24. The number of carbonyl (C=O) groups excluding carboxylic acids is 1. The SMILES string of the molecule is CC(NC(=O)NC1(C(=O)O)CC1)C1CCOC1. The maximum atomic E-state index is 11.6. The normalized spacial score (nSPS) is 27.2. The van der Waals surface area contributed by atoms with E-state index >= 15 is 0 Å². The molecule has 0 bridgehead atoms. The van der Waals surface area contributed by atoms with Crippen LogP contribution in [0.2, 0.25) is 0 Å². The van der Waals surface area contributed by atoms with E-state index in [0.29, 0.717) is 25.4 Å². The summed E-state index contributed by atoms with van der Waals surface area (Å²) in [5, 5.41) is 14.2. The van der Waals surface area contributed by atoms with Gasteiger partial charge in [-0.2, -0.15) is 0 Å². The number of amides is 2. The monoisotopic (exact) mass is 242 g/mol. The van der Waals surface area contributed by atoms with Crippen LogP contribution in [0.3, 0.4) is 0 Å². The van der Waals surface area contributed by atoms with E-state index in [4.69, 9.17) is 9.84 Å². The third-order valence-electron chi connectivity index (χ3n) is 3.54. The number of carbonyl (C=O) groups is 2. The molecule has 2 rings (SSSR count). The van der Waals surface area contributed by atoms with Crippen molar-refractivity contribution in [2.45, 2.75) is 37.8 Å². The molecule has 1 aliphatic carbocycles. The molecule has 6 heteroatoms. The van der Waals surface area contributed by atoms with E-state index in [1.165, 1.54) is 0 Å². The second-order valence-electron chi connectivity index (χ2n) is 4.90. The average molecular weight is 242 g/mol. The van der Waals surface area contributed by atoms with Gasteiger partial charge >= 0.3 is 12.0 Å². The molecule has 0 aromatic carbocycles. The first-order chi connectivity index (χ1) is 8.03. The van der Waals surface area contributed by atoms with Gasteiger partial charge in [0.2, 0.25) is 0 Å². The highest BCUT2D eigenvalue weighted by atomic mass is 16.5. The standard InChI is InChI=1S/C11H18N2O4/c1-7(8-2-5-17-6-8)12-10(16)13-11(3-4-11)9(14)15/h7-8H,2-6H2,1H3,(H,14,15)(H2,12,13,16). The van der Waals surface area contributed by atoms with Crippen molar-refractivity contribution >= 4 is 12.0 Å². The molecule has 2 atom stereocenters. The van der Waals surface area contributed by atoms with E-state index in [-0.39, 0.29) is 6.04 Å². The first-order valence-corrected chi connectivity index (χ1v) is 5.93. The molecule has 6 nitrogen and oxygen atoms in total. The summed E-state index contributed by atoms with van der Waals surface area (Å²) in [6.07, 6.45) is 1.96. The average Bonchev–Trinajstić information content (AvgIpc) is 2.84. The number of rotatable bonds is 4. The number of carboxylic acids is 1. The zero-order valence-corrected chi connectivity index (χ0v) is 9.86. The van der Waals surface area contributed by atoms with Gasteiger partial charge in [0.1, 0.15) is 5.54 Å². The lowest BCUT2D eigenvalue weighted by molar-refractivity contribution is -0.140. The van der Waals surface area contributed by atoms with E-state index in [1.54, 1.807) is 0 Å². The fourth-order valence-electron chi connectivity index (χ4n) is 2.04. The van der Waals surface area contributed by atoms with Gasteiger partial charge < -0.3 is 20.5 Å². The highest BCUT2D eigenvalue weighted by Gasteiger charge is 2.51. The Morgan fingerprint density at radius 2 is 2.18 bits per heavy atom. The second-order valence-corrected chi connectivity index (χ2v) is 4.90. The minimum atomic E-state index is -1.02. The van der Waals surface area contributed by atoms with Gasteiger partial charge in [-0.25, -0.2) is 9.59 Å². The molecule has 3 N–H and O–H groups in total. The van der Waals surface area contributed by atoms with Crippen molar-refractivity contribution in [1.29, 1.82) is 0 Å². The summed E-state index contributed by atoms with van der Waals surface area (Å²) in [6, 6.07) is -0.397. The van der Waals surface area contributed by atoms with Gasteiger partial charge in [0.15, 0.2) is 0 Å². The van der Waals surface area contributed by atoms with Crippen LogP contribution in [0.1, 0.15) is 26.2 Å². The highest BCUT2D eigenvalue weighted by Crippen LogP contribution is 2.35. The molecule has 0 radical (unpaired) electrons. The number of carboxylic acid groups (broad SMARTS) is 1. The van der Waals surface area contributed by atoms with Gasteiger partial charge in [-0.1, -0.05) is 0 Å². The topological polar surface area (TPSA) is 87.7 Å². The number of urea groups is 1. The van der Waals surface area contributed by atoms with Crippen molar-refractivity contribution in [2.75, 3.05) is 13.2 Å². The number of ether oxygens (including phenoxy) is 1. The Morgan fingerprint density at radius 3 is 2.65 bits per heavy atom. The van der Waals surface area contributed by atoms with Crippen LogP contribution in [-0.4, -0.2) is 41.9 Å². The Bertz CT molecular complexity index is 321. The number of hydrogen-bond acceptors (Lipinski definition) is 3. The lowest BCUT2D eigenvalue weighted by Gasteiger charge is -2.21. The maximum absolute atomic E-state index is 11.6. The molecule has 1 saturated heterocycles. The van der Waals surface area contributed by atoms with Gasteiger partial charge in [0.05, 0.1) is 6.61 Å². The minimum absolute atomic E-state index is 0.00194. The summed E-state index contributed by atoms with van der Waals surface area (Å²) >= 11 is 0. The molecule has 1 heterocycles. The van der Waals surface area contributed by atoms with Crippen molar-refractivity contribution in [1.82, 2.24) is 10.6 Å². The smallest absolute Gasteiger partial charge is 0.329 e. The predicted molar refractivity (Wildman–Crippen MR) is 59.7 cm³/mol. The van der Waals surface area contributed by atoms with Gasteiger partial charge in [0, 0.05) is 18.6 Å². The Balaban J connectivity index is 1.79. The van der Waals surface area contributed by atoms with E-state index in [1.807, 2.05) is 6.92 Å². The van der Waals surface area contributed by atoms with E-state index in [9.17, 15) is 9.59 Å². The fourth-order valence-corrected chi connectivity index (χ4v) is 2.04. The quantitative estimate of drug-likeness (QED) is 0.663. The van der Waals surface area contributed by atoms with E-state index < -0.39 is 17.5 Å². The second kappa shape index (κ2) is 4.52. The summed E-state index contributed by atoms with van der Waals surface area (Å²) in [6.45, 7) is 3.31. The van der Waals surface area contributed by atoms with Crippen LogP contribution in [0, 0.1) is 5.92 Å². The van der Waals surface area contributed by atoms with Crippen molar-refractivity contribution in [3.05, 3.63) is 0 Å². The number of nitrogens with one attached hydrogen (secondary N) is 2. The first-order valence-electron chi connectivity index (χ1n) is 5.93. The van der Waals surface area contributed by atoms with Gasteiger partial charge in [-0.05, 0) is 26.2 Å². The molecule has 2 unspecified atom stereocenters. The molecule has 2 fully saturated rings. The molecule has 2 aliphatic rings. The van der Waals surface area contributed by atoms with Gasteiger partial charge in [-0.15, -0.1) is 0 Å². The Labute approximate surface area is 99.7 Å². The summed E-state index contributed by atoms with van der Waals surface area (Å²) < 4.78 is 5.25. The fraction of sp³-hybridized carbons (Fsp3) is 0.818. The molecule has 0 aromatic rings. The van der Waals surface area contributed by atoms with Crippen LogP contribution in [0.4, 0.5) is 4.79 Å². The van der Waals surface area contributed by atoms with Gasteiger partial charge in [-0.3, -0.25) is 0 Å². The van der Waals surface area contributed by atoms with Crippen LogP contribution in [-0.2, 0) is 9.53 Å². The Morgan fingerprint density at radius 1 is 1.47 bits per heavy atom. The lowest BCUT2D eigenvalue weighted by Crippen LogP contribution is -2.51. The molecular formula is C11H18N2O4. The Hall–Kier alpha value is -1.30. The molecule has 1 aliphatic heterocycles. The van der Waals surface area contributed by atoms with Crippen molar-refractivity contribution < 1.29 is 19.4 Å². The molecular weight excluding hydrogens is 224 g/mol. The predicted octanol–water partition coefficient (Wildman–Crippen LogP) is 0.328. The number of hydrogen-bond donors (Lipinski definition) is 3. The molecule has 17 heavy (non-hydrogen) atoms. The van der Waals surface area contributed by atoms with Gasteiger partial charge in [0.25, 0.3) is 0 Å². The van der Waals surface area contributed by atoms with E-state index in [2.05, 4.69) is 10.6 Å². The lowest BCUT2D eigenvalue weighted by atomic mass is 10.0. The molecule has 2 amide bonds. The van der Waals surface area contributed by atoms with Crippen LogP contribution < -0.4 is 10.6 Å². The molecule has 96 valence electrons. The number of aliphatic carboxylic acids is 1. The third-order valence-corrected chi connectivity index (χ3v) is 3.54. The van der Waals surface area contributed by atoms with Crippen LogP contribution in [0.25, 0.3) is 0 Å².